The zero-order chi connectivity index (χ0) is 10.1. The first-order valence-electron chi connectivity index (χ1n) is 4.62. The van der Waals surface area contributed by atoms with Gasteiger partial charge >= 0.3 is 0 Å². The van der Waals surface area contributed by atoms with E-state index in [0.29, 0.717) is 16.5 Å². The SMILES string of the molecule is O=CC(c1cc(F)ccc1Cl)C1CC1. The minimum absolute atomic E-state index is 0.224. The summed E-state index contributed by atoms with van der Waals surface area (Å²) in [6, 6.07) is 4.17. The molecule has 0 bridgehead atoms. The highest BCUT2D eigenvalue weighted by atomic mass is 35.5. The molecule has 1 aliphatic carbocycles. The highest BCUT2D eigenvalue weighted by Gasteiger charge is 2.33. The van der Waals surface area contributed by atoms with Crippen molar-refractivity contribution in [1.82, 2.24) is 0 Å². The first kappa shape index (κ1) is 9.66. The van der Waals surface area contributed by atoms with E-state index in [1.807, 2.05) is 0 Å². The second kappa shape index (κ2) is 3.70. The lowest BCUT2D eigenvalue weighted by atomic mass is 9.96. The summed E-state index contributed by atoms with van der Waals surface area (Å²) >= 11 is 5.92. The Morgan fingerprint density at radius 3 is 2.79 bits per heavy atom. The molecule has 1 aliphatic rings. The average Bonchev–Trinajstić information content (AvgIpc) is 2.96. The van der Waals surface area contributed by atoms with Gasteiger partial charge in [0.25, 0.3) is 0 Å². The smallest absolute Gasteiger partial charge is 0.127 e. The summed E-state index contributed by atoms with van der Waals surface area (Å²) in [6.45, 7) is 0. The molecule has 0 saturated heterocycles. The van der Waals surface area contributed by atoms with E-state index in [2.05, 4.69) is 0 Å². The quantitative estimate of drug-likeness (QED) is 0.704. The molecule has 2 rings (SSSR count). The molecule has 0 aromatic heterocycles. The summed E-state index contributed by atoms with van der Waals surface area (Å²) < 4.78 is 13.0. The van der Waals surface area contributed by atoms with E-state index in [1.54, 1.807) is 0 Å². The van der Waals surface area contributed by atoms with Gasteiger partial charge < -0.3 is 4.79 Å². The molecule has 0 radical (unpaired) electrons. The van der Waals surface area contributed by atoms with Crippen LogP contribution in [-0.2, 0) is 4.79 Å². The molecule has 0 heterocycles. The minimum atomic E-state index is -0.336. The van der Waals surface area contributed by atoms with E-state index in [0.717, 1.165) is 19.1 Å². The van der Waals surface area contributed by atoms with E-state index >= 15 is 0 Å². The fraction of sp³-hybridized carbons (Fsp3) is 0.364. The maximum absolute atomic E-state index is 13.0. The van der Waals surface area contributed by atoms with Gasteiger partial charge in [0.2, 0.25) is 0 Å². The van der Waals surface area contributed by atoms with Gasteiger partial charge in [-0.05, 0) is 42.5 Å². The van der Waals surface area contributed by atoms with Gasteiger partial charge in [0, 0.05) is 10.9 Å². The Kier molecular flexibility index (Phi) is 2.55. The third kappa shape index (κ3) is 1.80. The van der Waals surface area contributed by atoms with E-state index in [-0.39, 0.29) is 11.7 Å². The van der Waals surface area contributed by atoms with Crippen molar-refractivity contribution in [2.24, 2.45) is 5.92 Å². The van der Waals surface area contributed by atoms with E-state index in [1.165, 1.54) is 18.2 Å². The Morgan fingerprint density at radius 2 is 2.21 bits per heavy atom. The first-order valence-corrected chi connectivity index (χ1v) is 5.00. The van der Waals surface area contributed by atoms with Crippen LogP contribution in [0.3, 0.4) is 0 Å². The van der Waals surface area contributed by atoms with Crippen LogP contribution in [0.25, 0.3) is 0 Å². The molecule has 1 aromatic carbocycles. The Bertz CT molecular complexity index is 360. The molecule has 14 heavy (non-hydrogen) atoms. The molecule has 3 heteroatoms. The third-order valence-electron chi connectivity index (χ3n) is 2.59. The average molecular weight is 213 g/mol. The van der Waals surface area contributed by atoms with Gasteiger partial charge in [0.15, 0.2) is 0 Å². The maximum atomic E-state index is 13.0. The monoisotopic (exact) mass is 212 g/mol. The Balaban J connectivity index is 2.36. The topological polar surface area (TPSA) is 17.1 Å². The summed E-state index contributed by atoms with van der Waals surface area (Å²) in [5.41, 5.74) is 0.629. The van der Waals surface area contributed by atoms with Crippen LogP contribution in [0.1, 0.15) is 24.3 Å². The molecule has 1 atom stereocenters. The number of benzene rings is 1. The second-order valence-corrected chi connectivity index (χ2v) is 4.07. The van der Waals surface area contributed by atoms with Gasteiger partial charge in [-0.3, -0.25) is 0 Å². The zero-order valence-electron chi connectivity index (χ0n) is 7.54. The number of carbonyl (C=O) groups is 1. The molecule has 1 fully saturated rings. The van der Waals surface area contributed by atoms with Crippen molar-refractivity contribution in [2.75, 3.05) is 0 Å². The van der Waals surface area contributed by atoms with Crippen molar-refractivity contribution >= 4 is 17.9 Å². The molecule has 0 amide bonds. The van der Waals surface area contributed by atoms with Crippen molar-refractivity contribution < 1.29 is 9.18 Å². The van der Waals surface area contributed by atoms with Crippen LogP contribution in [-0.4, -0.2) is 6.29 Å². The van der Waals surface area contributed by atoms with Gasteiger partial charge in [0.1, 0.15) is 12.1 Å². The fourth-order valence-electron chi connectivity index (χ4n) is 1.66. The number of carbonyl (C=O) groups excluding carboxylic acids is 1. The van der Waals surface area contributed by atoms with Gasteiger partial charge in [-0.15, -0.1) is 0 Å². The van der Waals surface area contributed by atoms with Gasteiger partial charge in [0.05, 0.1) is 0 Å². The normalized spacial score (nSPS) is 17.9. The highest BCUT2D eigenvalue weighted by Crippen LogP contribution is 2.43. The molecule has 0 spiro atoms. The summed E-state index contributed by atoms with van der Waals surface area (Å²) in [6.07, 6.45) is 2.95. The molecule has 0 aliphatic heterocycles. The molecule has 1 aromatic rings. The molecule has 1 nitrogen and oxygen atoms in total. The molecule has 74 valence electrons. The van der Waals surface area contributed by atoms with E-state index < -0.39 is 0 Å². The predicted molar refractivity (Wildman–Crippen MR) is 52.9 cm³/mol. The maximum Gasteiger partial charge on any atom is 0.127 e. The highest BCUT2D eigenvalue weighted by molar-refractivity contribution is 6.31. The number of hydrogen-bond donors (Lipinski definition) is 0. The van der Waals surface area contributed by atoms with Crippen LogP contribution in [0.5, 0.6) is 0 Å². The van der Waals surface area contributed by atoms with Gasteiger partial charge in [-0.1, -0.05) is 11.6 Å². The van der Waals surface area contributed by atoms with E-state index in [9.17, 15) is 9.18 Å². The third-order valence-corrected chi connectivity index (χ3v) is 2.94. The number of hydrogen-bond acceptors (Lipinski definition) is 1. The Labute approximate surface area is 86.9 Å². The molecule has 0 N–H and O–H groups in total. The van der Waals surface area contributed by atoms with Crippen LogP contribution in [0.15, 0.2) is 18.2 Å². The van der Waals surface area contributed by atoms with Crippen LogP contribution < -0.4 is 0 Å². The van der Waals surface area contributed by atoms with Crippen LogP contribution in [0, 0.1) is 11.7 Å². The lowest BCUT2D eigenvalue weighted by molar-refractivity contribution is -0.109. The van der Waals surface area contributed by atoms with Crippen LogP contribution in [0.4, 0.5) is 4.39 Å². The lowest BCUT2D eigenvalue weighted by Crippen LogP contribution is -2.03. The molecular weight excluding hydrogens is 203 g/mol. The Hall–Kier alpha value is -0.890. The fourth-order valence-corrected chi connectivity index (χ4v) is 1.91. The predicted octanol–water partition coefficient (Wildman–Crippen LogP) is 3.17. The van der Waals surface area contributed by atoms with Crippen LogP contribution >= 0.6 is 11.6 Å². The zero-order valence-corrected chi connectivity index (χ0v) is 8.30. The van der Waals surface area contributed by atoms with Gasteiger partial charge in [-0.25, -0.2) is 4.39 Å². The number of halogens is 2. The molecular formula is C11H10ClFO. The van der Waals surface area contributed by atoms with Crippen molar-refractivity contribution in [1.29, 1.82) is 0 Å². The molecule has 1 unspecified atom stereocenters. The molecule has 1 saturated carbocycles. The largest absolute Gasteiger partial charge is 0.303 e. The number of rotatable bonds is 3. The number of aldehydes is 1. The standard InChI is InChI=1S/C11H10ClFO/c12-11-4-3-8(13)5-9(11)10(6-14)7-1-2-7/h3-7,10H,1-2H2. The summed E-state index contributed by atoms with van der Waals surface area (Å²) in [7, 11) is 0. The summed E-state index contributed by atoms with van der Waals surface area (Å²) in [5, 5.41) is 0.482. The minimum Gasteiger partial charge on any atom is -0.303 e. The van der Waals surface area contributed by atoms with Crippen molar-refractivity contribution in [2.45, 2.75) is 18.8 Å². The van der Waals surface area contributed by atoms with Crippen molar-refractivity contribution in [3.8, 4) is 0 Å². The van der Waals surface area contributed by atoms with Crippen LogP contribution in [0.2, 0.25) is 5.02 Å². The Morgan fingerprint density at radius 1 is 1.50 bits per heavy atom. The van der Waals surface area contributed by atoms with Gasteiger partial charge in [-0.2, -0.15) is 0 Å². The van der Waals surface area contributed by atoms with Crippen molar-refractivity contribution in [3.63, 3.8) is 0 Å². The lowest BCUT2D eigenvalue weighted by Gasteiger charge is -2.10. The summed E-state index contributed by atoms with van der Waals surface area (Å²) in [5.74, 6) is -0.193. The summed E-state index contributed by atoms with van der Waals surface area (Å²) in [4.78, 5) is 10.9. The van der Waals surface area contributed by atoms with Crippen molar-refractivity contribution in [3.05, 3.63) is 34.6 Å². The van der Waals surface area contributed by atoms with E-state index in [4.69, 9.17) is 11.6 Å². The first-order chi connectivity index (χ1) is 6.72. The second-order valence-electron chi connectivity index (χ2n) is 3.67.